The van der Waals surface area contributed by atoms with Gasteiger partial charge in [-0.3, -0.25) is 14.6 Å². The molecule has 0 aliphatic carbocycles. The Bertz CT molecular complexity index is 854. The van der Waals surface area contributed by atoms with Gasteiger partial charge in [0, 0.05) is 45.6 Å². The van der Waals surface area contributed by atoms with Crippen LogP contribution in [-0.2, 0) is 11.2 Å². The van der Waals surface area contributed by atoms with Gasteiger partial charge < -0.3 is 19.9 Å². The molecule has 1 aliphatic rings. The Labute approximate surface area is 171 Å². The van der Waals surface area contributed by atoms with Crippen LogP contribution in [-0.4, -0.2) is 62.0 Å². The highest BCUT2D eigenvalue weighted by Crippen LogP contribution is 2.34. The number of carbonyl (C=O) groups excluding carboxylic acids is 2. The maximum absolute atomic E-state index is 12.4. The number of anilines is 1. The molecular weight excluding hydrogens is 368 g/mol. The highest BCUT2D eigenvalue weighted by Gasteiger charge is 2.27. The summed E-state index contributed by atoms with van der Waals surface area (Å²) in [5, 5.41) is 2.99. The van der Waals surface area contributed by atoms with Crippen molar-refractivity contribution in [1.82, 2.24) is 15.2 Å². The molecule has 0 bridgehead atoms. The van der Waals surface area contributed by atoms with Gasteiger partial charge >= 0.3 is 0 Å². The molecule has 154 valence electrons. The summed E-state index contributed by atoms with van der Waals surface area (Å²) in [6.45, 7) is 1.07. The van der Waals surface area contributed by atoms with E-state index in [4.69, 9.17) is 4.74 Å². The van der Waals surface area contributed by atoms with E-state index < -0.39 is 0 Å². The van der Waals surface area contributed by atoms with Crippen molar-refractivity contribution >= 4 is 17.5 Å². The number of likely N-dealkylation sites (N-methyl/N-ethyl adjacent to an activating group) is 1. The average molecular weight is 396 g/mol. The highest BCUT2D eigenvalue weighted by molar-refractivity contribution is 5.95. The first kappa shape index (κ1) is 20.6. The van der Waals surface area contributed by atoms with Gasteiger partial charge in [-0.1, -0.05) is 6.07 Å². The maximum atomic E-state index is 12.4. The number of ether oxygens (including phenoxy) is 1. The molecule has 0 fully saturated rings. The topological polar surface area (TPSA) is 74.8 Å². The zero-order chi connectivity index (χ0) is 20.8. The summed E-state index contributed by atoms with van der Waals surface area (Å²) in [5.41, 5.74) is 2.60. The summed E-state index contributed by atoms with van der Waals surface area (Å²) >= 11 is 0. The van der Waals surface area contributed by atoms with Crippen LogP contribution in [0.1, 0.15) is 28.8 Å². The molecule has 1 aromatic heterocycles. The van der Waals surface area contributed by atoms with Gasteiger partial charge in [0.15, 0.2) is 0 Å². The van der Waals surface area contributed by atoms with Gasteiger partial charge in [-0.15, -0.1) is 0 Å². The number of nitrogens with zero attached hydrogens (tertiary/aromatic N) is 3. The summed E-state index contributed by atoms with van der Waals surface area (Å²) in [5.74, 6) is 0.672. The fourth-order valence-corrected chi connectivity index (χ4v) is 3.35. The normalized spacial score (nSPS) is 15.3. The molecule has 1 N–H and O–H groups in total. The zero-order valence-electron chi connectivity index (χ0n) is 17.2. The Morgan fingerprint density at radius 3 is 2.86 bits per heavy atom. The van der Waals surface area contributed by atoms with Crippen molar-refractivity contribution in [2.45, 2.75) is 25.3 Å². The van der Waals surface area contributed by atoms with Crippen LogP contribution in [0.2, 0.25) is 0 Å². The molecular formula is C22H28N4O3. The zero-order valence-corrected chi connectivity index (χ0v) is 17.2. The van der Waals surface area contributed by atoms with Gasteiger partial charge in [-0.05, 0) is 42.7 Å². The number of hydrogen-bond donors (Lipinski definition) is 1. The molecule has 2 aromatic rings. The predicted octanol–water partition coefficient (Wildman–Crippen LogP) is 2.12. The summed E-state index contributed by atoms with van der Waals surface area (Å²) in [6, 6.07) is 9.29. The van der Waals surface area contributed by atoms with E-state index in [1.54, 1.807) is 31.3 Å². The molecule has 7 nitrogen and oxygen atoms in total. The lowest BCUT2D eigenvalue weighted by molar-refractivity contribution is -0.121. The molecule has 0 radical (unpaired) electrons. The van der Waals surface area contributed by atoms with Crippen molar-refractivity contribution in [1.29, 1.82) is 0 Å². The fourth-order valence-electron chi connectivity index (χ4n) is 3.35. The van der Waals surface area contributed by atoms with E-state index in [1.165, 1.54) is 5.56 Å². The first-order valence-corrected chi connectivity index (χ1v) is 9.82. The summed E-state index contributed by atoms with van der Waals surface area (Å²) < 4.78 is 5.83. The number of fused-ring (bicyclic) bond motifs is 1. The number of aryl methyl sites for hydroxylation is 1. The minimum atomic E-state index is -0.0782. The van der Waals surface area contributed by atoms with E-state index in [2.05, 4.69) is 10.3 Å². The quantitative estimate of drug-likeness (QED) is 0.726. The molecule has 1 aliphatic heterocycles. The van der Waals surface area contributed by atoms with Gasteiger partial charge in [-0.2, -0.15) is 0 Å². The molecule has 2 amide bonds. The number of rotatable bonds is 7. The number of aromatic nitrogens is 1. The van der Waals surface area contributed by atoms with Gasteiger partial charge in [0.2, 0.25) is 5.91 Å². The fraction of sp³-hybridized carbons (Fsp3) is 0.409. The van der Waals surface area contributed by atoms with E-state index in [0.29, 0.717) is 25.1 Å². The van der Waals surface area contributed by atoms with Crippen LogP contribution in [0.25, 0.3) is 0 Å². The Balaban J connectivity index is 1.52. The third-order valence-corrected chi connectivity index (χ3v) is 5.08. The van der Waals surface area contributed by atoms with E-state index in [-0.39, 0.29) is 17.9 Å². The average Bonchev–Trinajstić information content (AvgIpc) is 2.73. The molecule has 0 saturated heterocycles. The Morgan fingerprint density at radius 2 is 2.14 bits per heavy atom. The Hall–Kier alpha value is -3.09. The van der Waals surface area contributed by atoms with E-state index in [0.717, 1.165) is 24.3 Å². The molecule has 7 heteroatoms. The molecule has 1 aromatic carbocycles. The SMILES string of the molecule is CN(C)C(=O)c1ccc2c(c1)N(C)[C@@H](CC(=O)NCCCc1cccnc1)CO2. The van der Waals surface area contributed by atoms with Crippen LogP contribution < -0.4 is 15.0 Å². The maximum Gasteiger partial charge on any atom is 0.253 e. The minimum absolute atomic E-state index is 0.000564. The second kappa shape index (κ2) is 9.41. The first-order valence-electron chi connectivity index (χ1n) is 9.82. The van der Waals surface area contributed by atoms with Crippen molar-refractivity contribution in [2.75, 3.05) is 39.2 Å². The van der Waals surface area contributed by atoms with Crippen molar-refractivity contribution in [3.8, 4) is 5.75 Å². The molecule has 29 heavy (non-hydrogen) atoms. The summed E-state index contributed by atoms with van der Waals surface area (Å²) in [7, 11) is 5.39. The predicted molar refractivity (Wildman–Crippen MR) is 112 cm³/mol. The van der Waals surface area contributed by atoms with E-state index in [1.807, 2.05) is 42.4 Å². The van der Waals surface area contributed by atoms with Crippen LogP contribution in [0.4, 0.5) is 5.69 Å². The number of carbonyl (C=O) groups is 2. The number of nitrogens with one attached hydrogen (secondary N) is 1. The smallest absolute Gasteiger partial charge is 0.253 e. The van der Waals surface area contributed by atoms with Crippen molar-refractivity contribution in [2.24, 2.45) is 0 Å². The monoisotopic (exact) mass is 396 g/mol. The highest BCUT2D eigenvalue weighted by atomic mass is 16.5. The van der Waals surface area contributed by atoms with E-state index in [9.17, 15) is 9.59 Å². The molecule has 3 rings (SSSR count). The number of pyridine rings is 1. The lowest BCUT2D eigenvalue weighted by atomic mass is 10.1. The summed E-state index contributed by atoms with van der Waals surface area (Å²) in [6.07, 6.45) is 5.70. The van der Waals surface area contributed by atoms with Crippen LogP contribution in [0, 0.1) is 0 Å². The van der Waals surface area contributed by atoms with Crippen LogP contribution in [0.15, 0.2) is 42.7 Å². The first-order chi connectivity index (χ1) is 14.0. The van der Waals surface area contributed by atoms with Crippen molar-refractivity contribution < 1.29 is 14.3 Å². The number of hydrogen-bond acceptors (Lipinski definition) is 5. The van der Waals surface area contributed by atoms with Crippen molar-refractivity contribution in [3.63, 3.8) is 0 Å². The number of amides is 2. The molecule has 2 heterocycles. The molecule has 0 unspecified atom stereocenters. The Kier molecular flexibility index (Phi) is 6.69. The lowest BCUT2D eigenvalue weighted by Crippen LogP contribution is -2.44. The van der Waals surface area contributed by atoms with Crippen molar-refractivity contribution in [3.05, 3.63) is 53.9 Å². The third kappa shape index (κ3) is 5.25. The van der Waals surface area contributed by atoms with Gasteiger partial charge in [0.05, 0.1) is 18.2 Å². The second-order valence-electron chi connectivity index (χ2n) is 7.48. The van der Waals surface area contributed by atoms with Crippen LogP contribution in [0.5, 0.6) is 5.75 Å². The summed E-state index contributed by atoms with van der Waals surface area (Å²) in [4.78, 5) is 32.3. The van der Waals surface area contributed by atoms with Gasteiger partial charge in [0.1, 0.15) is 12.4 Å². The third-order valence-electron chi connectivity index (χ3n) is 5.08. The molecule has 1 atom stereocenters. The van der Waals surface area contributed by atoms with E-state index >= 15 is 0 Å². The minimum Gasteiger partial charge on any atom is -0.489 e. The molecule has 0 saturated carbocycles. The number of benzene rings is 1. The van der Waals surface area contributed by atoms with Crippen LogP contribution >= 0.6 is 0 Å². The second-order valence-corrected chi connectivity index (χ2v) is 7.48. The largest absolute Gasteiger partial charge is 0.489 e. The lowest BCUT2D eigenvalue weighted by Gasteiger charge is -2.35. The van der Waals surface area contributed by atoms with Crippen LogP contribution in [0.3, 0.4) is 0 Å². The Morgan fingerprint density at radius 1 is 1.31 bits per heavy atom. The molecule has 0 spiro atoms. The standard InChI is InChI=1S/C22H28N4O3/c1-25(2)22(28)17-8-9-20-19(12-17)26(3)18(15-29-20)13-21(27)24-11-5-7-16-6-4-10-23-14-16/h4,6,8-10,12,14,18H,5,7,11,13,15H2,1-3H3,(H,24,27)/t18-/m0/s1. The van der Waals surface area contributed by atoms with Gasteiger partial charge in [0.25, 0.3) is 5.91 Å². The van der Waals surface area contributed by atoms with Gasteiger partial charge in [-0.25, -0.2) is 0 Å².